The van der Waals surface area contributed by atoms with Crippen LogP contribution < -0.4 is 10.1 Å². The van der Waals surface area contributed by atoms with Gasteiger partial charge in [0.15, 0.2) is 5.82 Å². The molecule has 1 aliphatic rings. The Morgan fingerprint density at radius 1 is 1.29 bits per heavy atom. The van der Waals surface area contributed by atoms with Crippen LogP contribution in [0.4, 0.5) is 5.82 Å². The van der Waals surface area contributed by atoms with E-state index in [0.29, 0.717) is 16.6 Å². The largest absolute Gasteiger partial charge is 0.496 e. The van der Waals surface area contributed by atoms with Gasteiger partial charge in [-0.15, -0.1) is 0 Å². The molecule has 0 spiro atoms. The lowest BCUT2D eigenvalue weighted by molar-refractivity contribution is -0.121. The molecule has 0 aliphatic carbocycles. The van der Waals surface area contributed by atoms with Crippen molar-refractivity contribution < 1.29 is 9.53 Å². The number of fused-ring (bicyclic) bond motifs is 1. The fourth-order valence-corrected chi connectivity index (χ4v) is 3.98. The molecule has 3 aromatic rings. The van der Waals surface area contributed by atoms with Crippen LogP contribution in [0.15, 0.2) is 36.4 Å². The molecule has 0 bridgehead atoms. The van der Waals surface area contributed by atoms with Crippen LogP contribution >= 0.6 is 11.6 Å². The topological polar surface area (TPSA) is 70.2 Å². The van der Waals surface area contributed by atoms with Crippen molar-refractivity contribution >= 4 is 34.2 Å². The Morgan fingerprint density at radius 3 is 2.82 bits per heavy atom. The molecule has 2 N–H and O–H groups in total. The highest BCUT2D eigenvalue weighted by atomic mass is 35.5. The average Bonchev–Trinajstić information content (AvgIpc) is 3.10. The molecule has 146 valence electrons. The number of anilines is 1. The third-order valence-electron chi connectivity index (χ3n) is 5.38. The SMILES string of the molecule is COc1cccc(Cl)c1-c1ccc2[nH]nc(NC(=O)C3CCN(C)CC3)c2c1. The van der Waals surface area contributed by atoms with Gasteiger partial charge in [0.05, 0.1) is 17.6 Å². The van der Waals surface area contributed by atoms with Crippen LogP contribution in [0.2, 0.25) is 5.02 Å². The van der Waals surface area contributed by atoms with Gasteiger partial charge in [-0.05, 0) is 62.8 Å². The summed E-state index contributed by atoms with van der Waals surface area (Å²) < 4.78 is 5.48. The Kier molecular flexibility index (Phi) is 5.24. The number of nitrogens with zero attached hydrogens (tertiary/aromatic N) is 2. The van der Waals surface area contributed by atoms with E-state index in [9.17, 15) is 4.79 Å². The molecule has 28 heavy (non-hydrogen) atoms. The van der Waals surface area contributed by atoms with E-state index >= 15 is 0 Å². The first-order valence-electron chi connectivity index (χ1n) is 9.37. The van der Waals surface area contributed by atoms with Gasteiger partial charge in [0.25, 0.3) is 0 Å². The lowest BCUT2D eigenvalue weighted by Crippen LogP contribution is -2.36. The van der Waals surface area contributed by atoms with Crippen molar-refractivity contribution in [3.63, 3.8) is 0 Å². The van der Waals surface area contributed by atoms with Crippen LogP contribution in [0, 0.1) is 5.92 Å². The van der Waals surface area contributed by atoms with E-state index in [1.54, 1.807) is 7.11 Å². The molecule has 0 saturated carbocycles. The number of ether oxygens (including phenoxy) is 1. The molecule has 1 aliphatic heterocycles. The molecule has 6 nitrogen and oxygen atoms in total. The van der Waals surface area contributed by atoms with E-state index < -0.39 is 0 Å². The van der Waals surface area contributed by atoms with E-state index in [1.165, 1.54) is 0 Å². The normalized spacial score (nSPS) is 15.7. The molecule has 2 heterocycles. The summed E-state index contributed by atoms with van der Waals surface area (Å²) in [6, 6.07) is 11.4. The van der Waals surface area contributed by atoms with Gasteiger partial charge < -0.3 is 15.0 Å². The quantitative estimate of drug-likeness (QED) is 0.691. The predicted molar refractivity (Wildman–Crippen MR) is 112 cm³/mol. The number of carbonyl (C=O) groups excluding carboxylic acids is 1. The predicted octanol–water partition coefficient (Wildman–Crippen LogP) is 4.17. The maximum absolute atomic E-state index is 12.7. The summed E-state index contributed by atoms with van der Waals surface area (Å²) in [4.78, 5) is 14.9. The summed E-state index contributed by atoms with van der Waals surface area (Å²) >= 11 is 6.43. The minimum absolute atomic E-state index is 0.0230. The minimum Gasteiger partial charge on any atom is -0.496 e. The van der Waals surface area contributed by atoms with Gasteiger partial charge in [-0.25, -0.2) is 0 Å². The standard InChI is InChI=1S/C21H23ClN4O2/c1-26-10-8-13(9-11-26)21(27)23-20-15-12-14(6-7-17(15)24-25-20)19-16(22)4-3-5-18(19)28-2/h3-7,12-13H,8-11H2,1-2H3,(H2,23,24,25,27). The third-order valence-corrected chi connectivity index (χ3v) is 5.69. The van der Waals surface area contributed by atoms with Gasteiger partial charge >= 0.3 is 0 Å². The number of carbonyl (C=O) groups is 1. The second-order valence-corrected chi connectivity index (χ2v) is 7.62. The van der Waals surface area contributed by atoms with Crippen LogP contribution in [0.3, 0.4) is 0 Å². The number of H-pyrrole nitrogens is 1. The number of halogens is 1. The number of rotatable bonds is 4. The molecule has 1 fully saturated rings. The highest BCUT2D eigenvalue weighted by Gasteiger charge is 2.24. The van der Waals surface area contributed by atoms with Crippen LogP contribution in [0.5, 0.6) is 5.75 Å². The number of nitrogens with one attached hydrogen (secondary N) is 2. The summed E-state index contributed by atoms with van der Waals surface area (Å²) in [6.45, 7) is 1.88. The van der Waals surface area contributed by atoms with Gasteiger partial charge in [0, 0.05) is 16.9 Å². The fourth-order valence-electron chi connectivity index (χ4n) is 3.71. The Labute approximate surface area is 168 Å². The third kappa shape index (κ3) is 3.57. The Morgan fingerprint density at radius 2 is 2.07 bits per heavy atom. The zero-order chi connectivity index (χ0) is 19.7. The number of likely N-dealkylation sites (tertiary alicyclic amines) is 1. The number of hydrogen-bond acceptors (Lipinski definition) is 4. The lowest BCUT2D eigenvalue weighted by atomic mass is 9.96. The van der Waals surface area contributed by atoms with E-state index in [1.807, 2.05) is 36.4 Å². The molecular weight excluding hydrogens is 376 g/mol. The van der Waals surface area contributed by atoms with Gasteiger partial charge in [-0.1, -0.05) is 23.7 Å². The number of amides is 1. The average molecular weight is 399 g/mol. The van der Waals surface area contributed by atoms with Crippen LogP contribution in [0.1, 0.15) is 12.8 Å². The zero-order valence-corrected chi connectivity index (χ0v) is 16.7. The number of piperidine rings is 1. The summed E-state index contributed by atoms with van der Waals surface area (Å²) in [5.74, 6) is 1.30. The summed E-state index contributed by atoms with van der Waals surface area (Å²) in [5, 5.41) is 11.8. The molecule has 0 atom stereocenters. The first-order valence-corrected chi connectivity index (χ1v) is 9.75. The Balaban J connectivity index is 1.65. The van der Waals surface area contributed by atoms with Crippen molar-refractivity contribution in [3.05, 3.63) is 41.4 Å². The highest BCUT2D eigenvalue weighted by Crippen LogP contribution is 2.38. The smallest absolute Gasteiger partial charge is 0.228 e. The molecule has 1 aromatic heterocycles. The number of benzene rings is 2. The molecule has 2 aromatic carbocycles. The molecule has 1 amide bonds. The molecule has 0 radical (unpaired) electrons. The second-order valence-electron chi connectivity index (χ2n) is 7.22. The number of aromatic amines is 1. The van der Waals surface area contributed by atoms with Crippen LogP contribution in [-0.4, -0.2) is 48.3 Å². The monoisotopic (exact) mass is 398 g/mol. The van der Waals surface area contributed by atoms with Crippen molar-refractivity contribution in [2.75, 3.05) is 32.6 Å². The number of methoxy groups -OCH3 is 1. The van der Waals surface area contributed by atoms with E-state index in [2.05, 4.69) is 27.5 Å². The Bertz CT molecular complexity index is 1010. The van der Waals surface area contributed by atoms with Crippen LogP contribution in [0.25, 0.3) is 22.0 Å². The summed E-state index contributed by atoms with van der Waals surface area (Å²) in [7, 11) is 3.71. The molecular formula is C21H23ClN4O2. The minimum atomic E-state index is 0.0230. The van der Waals surface area contributed by atoms with E-state index in [-0.39, 0.29) is 11.8 Å². The van der Waals surface area contributed by atoms with E-state index in [0.717, 1.165) is 48.0 Å². The Hall–Kier alpha value is -2.57. The highest BCUT2D eigenvalue weighted by molar-refractivity contribution is 6.33. The van der Waals surface area contributed by atoms with Crippen molar-refractivity contribution in [2.45, 2.75) is 12.8 Å². The lowest BCUT2D eigenvalue weighted by Gasteiger charge is -2.27. The second kappa shape index (κ2) is 7.81. The fraction of sp³-hybridized carbons (Fsp3) is 0.333. The van der Waals surface area contributed by atoms with Crippen molar-refractivity contribution in [3.8, 4) is 16.9 Å². The number of hydrogen-bond donors (Lipinski definition) is 2. The first-order chi connectivity index (χ1) is 13.6. The van der Waals surface area contributed by atoms with Crippen molar-refractivity contribution in [2.24, 2.45) is 5.92 Å². The molecule has 7 heteroatoms. The van der Waals surface area contributed by atoms with E-state index in [4.69, 9.17) is 16.3 Å². The molecule has 1 saturated heterocycles. The maximum atomic E-state index is 12.7. The van der Waals surface area contributed by atoms with Crippen LogP contribution in [-0.2, 0) is 4.79 Å². The van der Waals surface area contributed by atoms with Gasteiger partial charge in [0.2, 0.25) is 5.91 Å². The van der Waals surface area contributed by atoms with Crippen molar-refractivity contribution in [1.29, 1.82) is 0 Å². The summed E-state index contributed by atoms with van der Waals surface area (Å²) in [5.41, 5.74) is 2.59. The molecule has 0 unspecified atom stereocenters. The van der Waals surface area contributed by atoms with Crippen molar-refractivity contribution in [1.82, 2.24) is 15.1 Å². The number of aromatic nitrogens is 2. The first kappa shape index (κ1) is 18.8. The summed E-state index contributed by atoms with van der Waals surface area (Å²) in [6.07, 6.45) is 1.74. The van der Waals surface area contributed by atoms with Gasteiger partial charge in [-0.3, -0.25) is 9.89 Å². The van der Waals surface area contributed by atoms with Gasteiger partial charge in [0.1, 0.15) is 5.75 Å². The van der Waals surface area contributed by atoms with Gasteiger partial charge in [-0.2, -0.15) is 5.10 Å². The molecule has 4 rings (SSSR count). The zero-order valence-electron chi connectivity index (χ0n) is 16.0. The maximum Gasteiger partial charge on any atom is 0.228 e.